The quantitative estimate of drug-likeness (QED) is 0.411. The van der Waals surface area contributed by atoms with Gasteiger partial charge in [-0.3, -0.25) is 4.98 Å². The first kappa shape index (κ1) is 25.4. The van der Waals surface area contributed by atoms with Gasteiger partial charge in [0.1, 0.15) is 5.75 Å². The topological polar surface area (TPSA) is 52.6 Å². The molecule has 0 aliphatic carbocycles. The van der Waals surface area contributed by atoms with E-state index in [-0.39, 0.29) is 18.2 Å². The maximum Gasteiger partial charge on any atom is 0.192 e. The van der Waals surface area contributed by atoms with E-state index >= 15 is 0 Å². The highest BCUT2D eigenvalue weighted by atomic mass is 28.4. The van der Waals surface area contributed by atoms with Gasteiger partial charge in [-0.15, -0.1) is 0 Å². The average molecular weight is 475 g/mol. The van der Waals surface area contributed by atoms with Crippen LogP contribution in [0.15, 0.2) is 30.5 Å². The molecule has 32 heavy (non-hydrogen) atoms. The number of hydrogen-bond acceptors (Lipinski definition) is 5. The van der Waals surface area contributed by atoms with Crippen molar-refractivity contribution in [2.75, 3.05) is 13.7 Å². The van der Waals surface area contributed by atoms with E-state index in [9.17, 15) is 0 Å². The summed E-state index contributed by atoms with van der Waals surface area (Å²) >= 11 is 0. The summed E-state index contributed by atoms with van der Waals surface area (Å²) in [7, 11) is -1.87. The van der Waals surface area contributed by atoms with Crippen LogP contribution in [0.1, 0.15) is 45.3 Å². The molecule has 0 radical (unpaired) electrons. The van der Waals surface area contributed by atoms with Crippen molar-refractivity contribution in [2.24, 2.45) is 0 Å². The fourth-order valence-electron chi connectivity index (χ4n) is 4.89. The molecule has 0 bridgehead atoms. The zero-order valence-corrected chi connectivity index (χ0v) is 23.0. The molecule has 2 heterocycles. The molecule has 2 aromatic rings. The van der Waals surface area contributed by atoms with Crippen molar-refractivity contribution in [1.29, 1.82) is 0 Å². The van der Waals surface area contributed by atoms with Gasteiger partial charge in [-0.25, -0.2) is 0 Å². The van der Waals surface area contributed by atoms with E-state index in [0.717, 1.165) is 54.2 Å². The number of methoxy groups -OCH3 is 1. The van der Waals surface area contributed by atoms with Crippen LogP contribution in [0, 0.1) is 0 Å². The second-order valence-electron chi connectivity index (χ2n) is 9.96. The molecule has 1 aromatic carbocycles. The van der Waals surface area contributed by atoms with Crippen LogP contribution in [0.25, 0.3) is 10.9 Å². The van der Waals surface area contributed by atoms with Crippen molar-refractivity contribution in [2.45, 2.75) is 89.6 Å². The van der Waals surface area contributed by atoms with Crippen LogP contribution in [0.3, 0.4) is 0 Å². The van der Waals surface area contributed by atoms with E-state index in [4.69, 9.17) is 13.6 Å². The van der Waals surface area contributed by atoms with Gasteiger partial charge in [0.15, 0.2) is 16.6 Å². The fourth-order valence-corrected chi connectivity index (χ4v) is 8.88. The summed E-state index contributed by atoms with van der Waals surface area (Å²) in [5.74, 6) is 0.849. The average Bonchev–Trinajstić information content (AvgIpc) is 2.79. The fraction of sp³-hybridized carbons (Fsp3) is 0.640. The summed E-state index contributed by atoms with van der Waals surface area (Å²) < 4.78 is 19.6. The number of nitrogens with zero attached hydrogens (tertiary/aromatic N) is 1. The molecule has 5 nitrogen and oxygen atoms in total. The summed E-state index contributed by atoms with van der Waals surface area (Å²) in [6.07, 6.45) is 4.23. The first-order valence-corrected chi connectivity index (χ1v) is 18.2. The minimum absolute atomic E-state index is 0.0687. The Labute approximate surface area is 196 Å². The van der Waals surface area contributed by atoms with Crippen LogP contribution in [-0.2, 0) is 8.85 Å². The summed E-state index contributed by atoms with van der Waals surface area (Å²) in [5.41, 5.74) is 2.18. The minimum atomic E-state index is -1.88. The van der Waals surface area contributed by atoms with Crippen molar-refractivity contribution in [1.82, 2.24) is 10.3 Å². The zero-order chi connectivity index (χ0) is 23.4. The van der Waals surface area contributed by atoms with E-state index < -0.39 is 16.6 Å². The Balaban J connectivity index is 2.14. The SMILES string of the molecule is CC[Si](CC)(CC)O[C@H](c1ccnc2ccc(OC)cc12)[C@H]1NCCC[C@@H]1O[Si](C)(C)C. The molecule has 1 N–H and O–H groups in total. The first-order valence-electron chi connectivity index (χ1n) is 12.3. The molecular weight excluding hydrogens is 432 g/mol. The second kappa shape index (κ2) is 10.8. The number of piperidine rings is 1. The molecule has 7 heteroatoms. The lowest BCUT2D eigenvalue weighted by molar-refractivity contribution is 0.0351. The number of hydrogen-bond donors (Lipinski definition) is 1. The van der Waals surface area contributed by atoms with E-state index in [2.05, 4.69) is 62.8 Å². The van der Waals surface area contributed by atoms with Gasteiger partial charge in [0.2, 0.25) is 0 Å². The molecule has 3 rings (SSSR count). The van der Waals surface area contributed by atoms with E-state index in [1.165, 1.54) is 5.56 Å². The largest absolute Gasteiger partial charge is 0.497 e. The smallest absolute Gasteiger partial charge is 0.192 e. The third-order valence-corrected chi connectivity index (χ3v) is 12.5. The number of rotatable bonds is 10. The van der Waals surface area contributed by atoms with Crippen LogP contribution in [-0.4, -0.2) is 47.4 Å². The van der Waals surface area contributed by atoms with Crippen molar-refractivity contribution >= 4 is 27.5 Å². The summed E-state index contributed by atoms with van der Waals surface area (Å²) in [4.78, 5) is 4.64. The Morgan fingerprint density at radius 3 is 2.44 bits per heavy atom. The van der Waals surface area contributed by atoms with Crippen LogP contribution in [0.5, 0.6) is 5.75 Å². The molecule has 3 atom stereocenters. The van der Waals surface area contributed by atoms with Gasteiger partial charge in [0.05, 0.1) is 30.9 Å². The Kier molecular flexibility index (Phi) is 8.55. The third kappa shape index (κ3) is 5.80. The number of pyridine rings is 1. The van der Waals surface area contributed by atoms with Crippen LogP contribution in [0.2, 0.25) is 37.8 Å². The Hall–Kier alpha value is -1.26. The number of fused-ring (bicyclic) bond motifs is 1. The number of ether oxygens (including phenoxy) is 1. The molecule has 1 aliphatic heterocycles. The highest BCUT2D eigenvalue weighted by Crippen LogP contribution is 2.38. The molecule has 1 aliphatic rings. The summed E-state index contributed by atoms with van der Waals surface area (Å²) in [6, 6.07) is 11.8. The molecule has 178 valence electrons. The van der Waals surface area contributed by atoms with Crippen molar-refractivity contribution in [3.05, 3.63) is 36.0 Å². The van der Waals surface area contributed by atoms with Gasteiger partial charge in [-0.05, 0) is 87.0 Å². The van der Waals surface area contributed by atoms with Gasteiger partial charge in [0, 0.05) is 11.6 Å². The molecule has 1 fully saturated rings. The van der Waals surface area contributed by atoms with E-state index in [0.29, 0.717) is 0 Å². The maximum atomic E-state index is 7.28. The second-order valence-corrected chi connectivity index (χ2v) is 19.1. The maximum absolute atomic E-state index is 7.28. The number of aromatic nitrogens is 1. The van der Waals surface area contributed by atoms with Crippen LogP contribution < -0.4 is 10.1 Å². The highest BCUT2D eigenvalue weighted by molar-refractivity contribution is 6.73. The molecule has 0 spiro atoms. The predicted molar refractivity (Wildman–Crippen MR) is 139 cm³/mol. The van der Waals surface area contributed by atoms with Gasteiger partial charge in [-0.2, -0.15) is 0 Å². The Bertz CT molecular complexity index is 875. The molecule has 0 saturated carbocycles. The lowest BCUT2D eigenvalue weighted by Gasteiger charge is -2.44. The normalized spacial score (nSPS) is 21.0. The molecular formula is C25H42N2O3Si2. The molecule has 1 aromatic heterocycles. The van der Waals surface area contributed by atoms with Crippen molar-refractivity contribution < 1.29 is 13.6 Å². The van der Waals surface area contributed by atoms with Crippen molar-refractivity contribution in [3.8, 4) is 5.75 Å². The predicted octanol–water partition coefficient (Wildman–Crippen LogP) is 6.28. The molecule has 1 saturated heterocycles. The summed E-state index contributed by atoms with van der Waals surface area (Å²) in [5, 5.41) is 4.93. The minimum Gasteiger partial charge on any atom is -0.497 e. The third-order valence-electron chi connectivity index (χ3n) is 6.88. The van der Waals surface area contributed by atoms with E-state index in [1.54, 1.807) is 7.11 Å². The highest BCUT2D eigenvalue weighted by Gasteiger charge is 2.41. The number of nitrogens with one attached hydrogen (secondary N) is 1. The zero-order valence-electron chi connectivity index (χ0n) is 21.0. The lowest BCUT2D eigenvalue weighted by Crippen LogP contribution is -2.55. The first-order chi connectivity index (χ1) is 15.3. The van der Waals surface area contributed by atoms with Gasteiger partial charge in [-0.1, -0.05) is 20.8 Å². The standard InChI is InChI=1S/C25H42N2O3Si2/c1-8-32(9-2,10-3)30-25(24-23(12-11-16-27-24)29-31(5,6)7)20-15-17-26-22-14-13-19(28-4)18-21(20)22/h13-15,17-18,23-25,27H,8-12,16H2,1-7H3/t23-,24-,25+/m0/s1. The van der Waals surface area contributed by atoms with Crippen LogP contribution in [0.4, 0.5) is 0 Å². The van der Waals surface area contributed by atoms with Crippen molar-refractivity contribution in [3.63, 3.8) is 0 Å². The molecule has 0 unspecified atom stereocenters. The molecule has 0 amide bonds. The van der Waals surface area contributed by atoms with Gasteiger partial charge >= 0.3 is 0 Å². The Morgan fingerprint density at radius 2 is 1.81 bits per heavy atom. The Morgan fingerprint density at radius 1 is 1.09 bits per heavy atom. The number of benzene rings is 1. The summed E-state index contributed by atoms with van der Waals surface area (Å²) in [6.45, 7) is 14.7. The lowest BCUT2D eigenvalue weighted by atomic mass is 9.91. The monoisotopic (exact) mass is 474 g/mol. The van der Waals surface area contributed by atoms with Gasteiger partial charge in [0.25, 0.3) is 0 Å². The van der Waals surface area contributed by atoms with Crippen LogP contribution >= 0.6 is 0 Å². The van der Waals surface area contributed by atoms with Gasteiger partial charge < -0.3 is 18.9 Å². The van der Waals surface area contributed by atoms with E-state index in [1.807, 2.05) is 18.3 Å².